The van der Waals surface area contributed by atoms with Crippen LogP contribution < -0.4 is 0 Å². The molecule has 7 heteroatoms. The highest BCUT2D eigenvalue weighted by Crippen LogP contribution is 2.48. The van der Waals surface area contributed by atoms with E-state index in [9.17, 15) is 10.2 Å². The number of rotatable bonds is 2. The van der Waals surface area contributed by atoms with Crippen molar-refractivity contribution in [3.63, 3.8) is 0 Å². The summed E-state index contributed by atoms with van der Waals surface area (Å²) in [6.45, 7) is 1.76. The number of azo groups is 1. The molecule has 0 spiro atoms. The molecular formula is C14H10BrN3O3. The number of aromatic nitrogens is 1. The van der Waals surface area contributed by atoms with Gasteiger partial charge in [-0.05, 0) is 22.9 Å². The minimum absolute atomic E-state index is 0.00824. The summed E-state index contributed by atoms with van der Waals surface area (Å²) >= 11 is 3.22. The van der Waals surface area contributed by atoms with Gasteiger partial charge in [-0.25, -0.2) is 0 Å². The minimum atomic E-state index is -0.0738. The number of halogens is 1. The Morgan fingerprint density at radius 2 is 1.76 bits per heavy atom. The average molecular weight is 348 g/mol. The number of phenolic OH excluding ortho intramolecular Hbond substituents is 2. The predicted molar refractivity (Wildman–Crippen MR) is 80.4 cm³/mol. The van der Waals surface area contributed by atoms with Crippen LogP contribution in [0.4, 0.5) is 11.6 Å². The van der Waals surface area contributed by atoms with E-state index in [1.165, 1.54) is 0 Å². The maximum Gasteiger partial charge on any atom is 0.269 e. The smallest absolute Gasteiger partial charge is 0.269 e. The van der Waals surface area contributed by atoms with Crippen LogP contribution >= 0.6 is 15.9 Å². The fraction of sp³-hybridized carbons (Fsp3) is 0.0714. The van der Waals surface area contributed by atoms with Gasteiger partial charge in [0.05, 0.1) is 10.2 Å². The third-order valence-corrected chi connectivity index (χ3v) is 3.69. The molecule has 0 amide bonds. The summed E-state index contributed by atoms with van der Waals surface area (Å²) in [6, 6.07) is 8.53. The highest BCUT2D eigenvalue weighted by atomic mass is 79.9. The average Bonchev–Trinajstić information content (AvgIpc) is 2.90. The molecule has 0 fully saturated rings. The lowest BCUT2D eigenvalue weighted by atomic mass is 10.1. The van der Waals surface area contributed by atoms with E-state index in [2.05, 4.69) is 31.3 Å². The maximum absolute atomic E-state index is 10.3. The van der Waals surface area contributed by atoms with Crippen LogP contribution in [0, 0.1) is 6.92 Å². The van der Waals surface area contributed by atoms with Crippen molar-refractivity contribution in [3.05, 3.63) is 40.5 Å². The molecule has 0 radical (unpaired) electrons. The molecule has 2 aromatic carbocycles. The van der Waals surface area contributed by atoms with E-state index in [1.54, 1.807) is 37.3 Å². The highest BCUT2D eigenvalue weighted by Gasteiger charge is 2.17. The molecule has 2 N–H and O–H groups in total. The lowest BCUT2D eigenvalue weighted by Gasteiger charge is -2.08. The number of nitrogens with zero attached hydrogens (tertiary/aromatic N) is 3. The summed E-state index contributed by atoms with van der Waals surface area (Å²) in [4.78, 5) is 0. The summed E-state index contributed by atoms with van der Waals surface area (Å²) in [7, 11) is 0. The van der Waals surface area contributed by atoms with Crippen molar-refractivity contribution in [2.75, 3.05) is 0 Å². The fourth-order valence-electron chi connectivity index (χ4n) is 1.95. The first kappa shape index (κ1) is 13.6. The van der Waals surface area contributed by atoms with Gasteiger partial charge in [0.2, 0.25) is 0 Å². The van der Waals surface area contributed by atoms with Gasteiger partial charge in [-0.15, -0.1) is 10.2 Å². The molecule has 3 aromatic rings. The number of fused-ring (bicyclic) bond motifs is 1. The van der Waals surface area contributed by atoms with Crippen LogP contribution in [0.25, 0.3) is 10.8 Å². The van der Waals surface area contributed by atoms with Gasteiger partial charge in [0.25, 0.3) is 5.88 Å². The Balaban J connectivity index is 2.16. The van der Waals surface area contributed by atoms with E-state index in [-0.39, 0.29) is 27.5 Å². The summed E-state index contributed by atoms with van der Waals surface area (Å²) in [5.41, 5.74) is 0.800. The van der Waals surface area contributed by atoms with Crippen molar-refractivity contribution in [2.45, 2.75) is 6.92 Å². The quantitative estimate of drug-likeness (QED) is 0.518. The monoisotopic (exact) mass is 347 g/mol. The van der Waals surface area contributed by atoms with Gasteiger partial charge in [-0.2, -0.15) is 0 Å². The lowest BCUT2D eigenvalue weighted by molar-refractivity contribution is 0.422. The predicted octanol–water partition coefficient (Wildman–Crippen LogP) is 4.73. The third-order valence-electron chi connectivity index (χ3n) is 2.94. The molecule has 0 bridgehead atoms. The number of phenols is 2. The zero-order valence-corrected chi connectivity index (χ0v) is 12.5. The van der Waals surface area contributed by atoms with Gasteiger partial charge >= 0.3 is 0 Å². The van der Waals surface area contributed by atoms with Crippen molar-refractivity contribution < 1.29 is 14.7 Å². The van der Waals surface area contributed by atoms with Gasteiger partial charge in [0, 0.05) is 16.8 Å². The fourth-order valence-corrected chi connectivity index (χ4v) is 2.43. The summed E-state index contributed by atoms with van der Waals surface area (Å²) in [5.74, 6) is 0.132. The molecule has 21 heavy (non-hydrogen) atoms. The van der Waals surface area contributed by atoms with Crippen LogP contribution in [0.1, 0.15) is 5.69 Å². The van der Waals surface area contributed by atoms with E-state index in [0.717, 1.165) is 0 Å². The Labute approximate surface area is 127 Å². The normalized spacial score (nSPS) is 11.5. The second kappa shape index (κ2) is 5.17. The maximum atomic E-state index is 10.3. The summed E-state index contributed by atoms with van der Waals surface area (Å²) in [6.07, 6.45) is 0. The van der Waals surface area contributed by atoms with Crippen LogP contribution in [-0.2, 0) is 0 Å². The molecule has 6 nitrogen and oxygen atoms in total. The number of hydrogen-bond donors (Lipinski definition) is 2. The van der Waals surface area contributed by atoms with Crippen LogP contribution in [0.5, 0.6) is 11.5 Å². The topological polar surface area (TPSA) is 91.2 Å². The first-order valence-corrected chi connectivity index (χ1v) is 6.84. The first-order valence-electron chi connectivity index (χ1n) is 6.05. The van der Waals surface area contributed by atoms with Gasteiger partial charge < -0.3 is 14.7 Å². The molecule has 0 aliphatic rings. The Hall–Kier alpha value is -2.41. The largest absolute Gasteiger partial charge is 0.506 e. The van der Waals surface area contributed by atoms with E-state index in [1.807, 2.05) is 0 Å². The third kappa shape index (κ3) is 2.36. The van der Waals surface area contributed by atoms with Gasteiger partial charge in [-0.3, -0.25) is 0 Å². The molecule has 0 saturated heterocycles. The van der Waals surface area contributed by atoms with E-state index in [0.29, 0.717) is 16.5 Å². The number of aryl methyl sites for hydroxylation is 1. The highest BCUT2D eigenvalue weighted by molar-refractivity contribution is 9.10. The molecule has 106 valence electrons. The summed E-state index contributed by atoms with van der Waals surface area (Å²) < 4.78 is 5.18. The first-order chi connectivity index (χ1) is 10.1. The second-order valence-electron chi connectivity index (χ2n) is 4.41. The SMILES string of the molecule is Cc1cc(N=Nc2c(Br)c(O)c3ccccc3c2O)on1. The molecule has 0 aliphatic heterocycles. The second-order valence-corrected chi connectivity index (χ2v) is 5.20. The standard InChI is InChI=1S/C14H10BrN3O3/c1-7-6-10(21-18-7)16-17-12-11(15)13(19)8-4-2-3-5-9(8)14(12)20/h2-6,19-20H,1H3. The van der Waals surface area contributed by atoms with E-state index in [4.69, 9.17) is 4.52 Å². The Bertz CT molecular complexity index is 858. The lowest BCUT2D eigenvalue weighted by Crippen LogP contribution is -1.79. The molecule has 0 saturated carbocycles. The number of benzene rings is 2. The zero-order chi connectivity index (χ0) is 15.0. The van der Waals surface area contributed by atoms with Crippen LogP contribution in [-0.4, -0.2) is 15.4 Å². The van der Waals surface area contributed by atoms with Crippen LogP contribution in [0.3, 0.4) is 0 Å². The Morgan fingerprint density at radius 1 is 1.10 bits per heavy atom. The van der Waals surface area contributed by atoms with Crippen molar-refractivity contribution in [1.29, 1.82) is 0 Å². The van der Waals surface area contributed by atoms with Crippen LogP contribution in [0.2, 0.25) is 0 Å². The molecule has 0 unspecified atom stereocenters. The van der Waals surface area contributed by atoms with Gasteiger partial charge in [-0.1, -0.05) is 29.4 Å². The van der Waals surface area contributed by atoms with Gasteiger partial charge in [0.15, 0.2) is 5.75 Å². The molecular weight excluding hydrogens is 338 g/mol. The van der Waals surface area contributed by atoms with Crippen molar-refractivity contribution in [3.8, 4) is 11.5 Å². The number of hydrogen-bond acceptors (Lipinski definition) is 6. The molecule has 3 rings (SSSR count). The molecule has 1 aromatic heterocycles. The minimum Gasteiger partial charge on any atom is -0.506 e. The van der Waals surface area contributed by atoms with Crippen LogP contribution in [0.15, 0.2) is 49.6 Å². The van der Waals surface area contributed by atoms with E-state index >= 15 is 0 Å². The Morgan fingerprint density at radius 3 is 2.38 bits per heavy atom. The molecule has 0 aliphatic carbocycles. The molecule has 1 heterocycles. The summed E-state index contributed by atoms with van der Waals surface area (Å²) in [5, 5.41) is 33.0. The zero-order valence-electron chi connectivity index (χ0n) is 10.9. The van der Waals surface area contributed by atoms with E-state index < -0.39 is 0 Å². The molecule has 0 atom stereocenters. The van der Waals surface area contributed by atoms with Crippen molar-refractivity contribution in [2.24, 2.45) is 10.2 Å². The van der Waals surface area contributed by atoms with Crippen molar-refractivity contribution in [1.82, 2.24) is 5.16 Å². The Kier molecular flexibility index (Phi) is 3.34. The number of aromatic hydroxyl groups is 2. The van der Waals surface area contributed by atoms with Crippen molar-refractivity contribution >= 4 is 38.3 Å². The van der Waals surface area contributed by atoms with Gasteiger partial charge in [0.1, 0.15) is 11.4 Å².